The lowest BCUT2D eigenvalue weighted by Gasteiger charge is -2.43. The molecular weight excluding hydrogens is 266 g/mol. The van der Waals surface area contributed by atoms with Gasteiger partial charge in [-0.25, -0.2) is 0 Å². The molecule has 1 spiro atoms. The summed E-state index contributed by atoms with van der Waals surface area (Å²) in [5, 5.41) is 0. The van der Waals surface area contributed by atoms with Gasteiger partial charge >= 0.3 is 0 Å². The number of benzene rings is 1. The van der Waals surface area contributed by atoms with Crippen molar-refractivity contribution in [3.63, 3.8) is 0 Å². The van der Waals surface area contributed by atoms with E-state index in [4.69, 9.17) is 19.9 Å². The molecule has 0 saturated carbocycles. The molecule has 1 unspecified atom stereocenters. The molecule has 0 aliphatic carbocycles. The van der Waals surface area contributed by atoms with Crippen LogP contribution in [0.5, 0.6) is 5.75 Å². The van der Waals surface area contributed by atoms with Crippen molar-refractivity contribution in [2.75, 3.05) is 25.6 Å². The van der Waals surface area contributed by atoms with E-state index in [0.29, 0.717) is 0 Å². The van der Waals surface area contributed by atoms with E-state index in [1.54, 1.807) is 0 Å². The second-order valence-corrected chi connectivity index (χ2v) is 6.10. The number of aryl methyl sites for hydroxylation is 1. The van der Waals surface area contributed by atoms with Gasteiger partial charge in [0.05, 0.1) is 17.9 Å². The van der Waals surface area contributed by atoms with Crippen molar-refractivity contribution in [1.29, 1.82) is 0 Å². The van der Waals surface area contributed by atoms with E-state index in [0.717, 1.165) is 63.4 Å². The van der Waals surface area contributed by atoms with Crippen molar-refractivity contribution < 1.29 is 14.2 Å². The van der Waals surface area contributed by atoms with Gasteiger partial charge in [0.2, 0.25) is 0 Å². The normalized spacial score (nSPS) is 24.9. The monoisotopic (exact) mass is 291 g/mol. The van der Waals surface area contributed by atoms with Crippen LogP contribution in [-0.2, 0) is 15.9 Å². The minimum absolute atomic E-state index is 0.0424. The largest absolute Gasteiger partial charge is 0.488 e. The molecule has 2 fully saturated rings. The maximum absolute atomic E-state index is 6.17. The molecule has 21 heavy (non-hydrogen) atoms. The van der Waals surface area contributed by atoms with Crippen LogP contribution >= 0.6 is 0 Å². The molecule has 3 rings (SSSR count). The van der Waals surface area contributed by atoms with Crippen LogP contribution in [0.25, 0.3) is 0 Å². The summed E-state index contributed by atoms with van der Waals surface area (Å²) >= 11 is 0. The summed E-state index contributed by atoms with van der Waals surface area (Å²) in [5.41, 5.74) is 8.05. The zero-order valence-electron chi connectivity index (χ0n) is 12.8. The Morgan fingerprint density at radius 2 is 2.10 bits per heavy atom. The van der Waals surface area contributed by atoms with Crippen LogP contribution in [0.3, 0.4) is 0 Å². The Balaban J connectivity index is 1.67. The van der Waals surface area contributed by atoms with Crippen LogP contribution in [0.4, 0.5) is 5.69 Å². The van der Waals surface area contributed by atoms with Gasteiger partial charge in [-0.1, -0.05) is 13.0 Å². The SMILES string of the molecule is CCc1ccc(OC2CCOC3(CCOCC3)C2)c(N)c1. The minimum atomic E-state index is -0.0424. The first-order valence-corrected chi connectivity index (χ1v) is 7.97. The first-order valence-electron chi connectivity index (χ1n) is 7.97. The summed E-state index contributed by atoms with van der Waals surface area (Å²) in [6.45, 7) is 4.47. The maximum atomic E-state index is 6.17. The zero-order valence-corrected chi connectivity index (χ0v) is 12.8. The Morgan fingerprint density at radius 3 is 2.81 bits per heavy atom. The van der Waals surface area contributed by atoms with E-state index in [-0.39, 0.29) is 11.7 Å². The molecule has 0 aromatic heterocycles. The first-order chi connectivity index (χ1) is 10.2. The molecule has 0 bridgehead atoms. The fraction of sp³-hybridized carbons (Fsp3) is 0.647. The number of rotatable bonds is 3. The average Bonchev–Trinajstić information content (AvgIpc) is 2.50. The maximum Gasteiger partial charge on any atom is 0.142 e. The van der Waals surface area contributed by atoms with Gasteiger partial charge in [-0.15, -0.1) is 0 Å². The van der Waals surface area contributed by atoms with Crippen molar-refractivity contribution in [1.82, 2.24) is 0 Å². The molecule has 1 atom stereocenters. The molecule has 1 aromatic carbocycles. The first kappa shape index (κ1) is 14.7. The Kier molecular flexibility index (Phi) is 4.36. The molecular formula is C17H25NO3. The Hall–Kier alpha value is -1.26. The molecule has 1 aromatic rings. The minimum Gasteiger partial charge on any atom is -0.488 e. The summed E-state index contributed by atoms with van der Waals surface area (Å²) in [5.74, 6) is 0.807. The smallest absolute Gasteiger partial charge is 0.142 e. The summed E-state index contributed by atoms with van der Waals surface area (Å²) in [6, 6.07) is 6.11. The predicted molar refractivity (Wildman–Crippen MR) is 82.6 cm³/mol. The van der Waals surface area contributed by atoms with Crippen molar-refractivity contribution >= 4 is 5.69 Å². The van der Waals surface area contributed by atoms with E-state index >= 15 is 0 Å². The van der Waals surface area contributed by atoms with Gasteiger partial charge in [-0.2, -0.15) is 0 Å². The average molecular weight is 291 g/mol. The third-order valence-electron chi connectivity index (χ3n) is 4.63. The second-order valence-electron chi connectivity index (χ2n) is 6.10. The lowest BCUT2D eigenvalue weighted by Crippen LogP contribution is -2.47. The molecule has 2 saturated heterocycles. The highest BCUT2D eigenvalue weighted by Gasteiger charge is 2.39. The van der Waals surface area contributed by atoms with Crippen LogP contribution in [0.15, 0.2) is 18.2 Å². The number of hydrogen-bond acceptors (Lipinski definition) is 4. The van der Waals surface area contributed by atoms with Crippen molar-refractivity contribution in [3.8, 4) is 5.75 Å². The van der Waals surface area contributed by atoms with Crippen LogP contribution in [0.1, 0.15) is 38.2 Å². The Labute approximate surface area is 126 Å². The van der Waals surface area contributed by atoms with Crippen LogP contribution in [0.2, 0.25) is 0 Å². The van der Waals surface area contributed by atoms with Crippen molar-refractivity contribution in [3.05, 3.63) is 23.8 Å². The molecule has 2 aliphatic rings. The zero-order chi connectivity index (χ0) is 14.7. The highest BCUT2D eigenvalue weighted by molar-refractivity contribution is 5.54. The van der Waals surface area contributed by atoms with Gasteiger partial charge in [0.1, 0.15) is 11.9 Å². The van der Waals surface area contributed by atoms with Gasteiger partial charge in [-0.05, 0) is 37.0 Å². The van der Waals surface area contributed by atoms with E-state index in [9.17, 15) is 0 Å². The quantitative estimate of drug-likeness (QED) is 0.870. The lowest BCUT2D eigenvalue weighted by molar-refractivity contribution is -0.155. The van der Waals surface area contributed by atoms with Crippen LogP contribution < -0.4 is 10.5 Å². The van der Waals surface area contributed by atoms with E-state index in [1.807, 2.05) is 12.1 Å². The van der Waals surface area contributed by atoms with Gasteiger partial charge in [0, 0.05) is 26.1 Å². The molecule has 2 N–H and O–H groups in total. The molecule has 2 heterocycles. The third-order valence-corrected chi connectivity index (χ3v) is 4.63. The van der Waals surface area contributed by atoms with E-state index < -0.39 is 0 Å². The molecule has 2 aliphatic heterocycles. The van der Waals surface area contributed by atoms with Gasteiger partial charge in [0.15, 0.2) is 0 Å². The Morgan fingerprint density at radius 1 is 1.29 bits per heavy atom. The van der Waals surface area contributed by atoms with Crippen LogP contribution in [0, 0.1) is 0 Å². The van der Waals surface area contributed by atoms with Gasteiger partial charge in [-0.3, -0.25) is 0 Å². The number of nitrogen functional groups attached to an aromatic ring is 1. The fourth-order valence-corrected chi connectivity index (χ4v) is 3.28. The Bertz CT molecular complexity index is 477. The third kappa shape index (κ3) is 3.33. The van der Waals surface area contributed by atoms with Crippen molar-refractivity contribution in [2.45, 2.75) is 50.7 Å². The predicted octanol–water partition coefficient (Wildman–Crippen LogP) is 2.94. The topological polar surface area (TPSA) is 53.7 Å². The van der Waals surface area contributed by atoms with Gasteiger partial charge in [0.25, 0.3) is 0 Å². The number of anilines is 1. The summed E-state index contributed by atoms with van der Waals surface area (Å²) in [7, 11) is 0. The van der Waals surface area contributed by atoms with Crippen molar-refractivity contribution in [2.24, 2.45) is 0 Å². The van der Waals surface area contributed by atoms with E-state index in [1.165, 1.54) is 5.56 Å². The molecule has 116 valence electrons. The van der Waals surface area contributed by atoms with Crippen LogP contribution in [-0.4, -0.2) is 31.5 Å². The van der Waals surface area contributed by atoms with E-state index in [2.05, 4.69) is 13.0 Å². The summed E-state index contributed by atoms with van der Waals surface area (Å²) in [6.07, 6.45) is 4.98. The highest BCUT2D eigenvalue weighted by atomic mass is 16.5. The lowest BCUT2D eigenvalue weighted by atomic mass is 9.85. The molecule has 4 heteroatoms. The fourth-order valence-electron chi connectivity index (χ4n) is 3.28. The number of nitrogens with two attached hydrogens (primary N) is 1. The standard InChI is InChI=1S/C17H25NO3/c1-2-13-3-4-16(15(18)11-13)21-14-5-8-20-17(12-14)6-9-19-10-7-17/h3-4,11,14H,2,5-10,12,18H2,1H3. The molecule has 0 amide bonds. The number of ether oxygens (including phenoxy) is 3. The van der Waals surface area contributed by atoms with Gasteiger partial charge < -0.3 is 19.9 Å². The molecule has 0 radical (unpaired) electrons. The summed E-state index contributed by atoms with van der Waals surface area (Å²) < 4.78 is 17.7. The number of hydrogen-bond donors (Lipinski definition) is 1. The second kappa shape index (κ2) is 6.24. The summed E-state index contributed by atoms with van der Waals surface area (Å²) in [4.78, 5) is 0. The molecule has 4 nitrogen and oxygen atoms in total. The highest BCUT2D eigenvalue weighted by Crippen LogP contribution is 2.36.